The summed E-state index contributed by atoms with van der Waals surface area (Å²) in [7, 11) is 3.90. The number of hydrogen-bond donors (Lipinski definition) is 0. The molecule has 0 aliphatic rings. The third-order valence-corrected chi connectivity index (χ3v) is 4.06. The molecule has 104 valence electrons. The molecule has 0 N–H and O–H groups in total. The minimum Gasteiger partial charge on any atom is -0.295 e. The smallest absolute Gasteiger partial charge is 0.162 e. The summed E-state index contributed by atoms with van der Waals surface area (Å²) in [4.78, 5) is 11.0. The Balaban J connectivity index is 1.81. The SMILES string of the molecule is CN(Cc1ccsc1)Cc1nc(Cl)c2cnn(C)c2n1. The topological polar surface area (TPSA) is 46.8 Å². The van der Waals surface area contributed by atoms with E-state index in [1.807, 2.05) is 14.1 Å². The van der Waals surface area contributed by atoms with Gasteiger partial charge in [0.2, 0.25) is 0 Å². The second-order valence-corrected chi connectivity index (χ2v) is 5.88. The molecule has 0 bridgehead atoms. The third kappa shape index (κ3) is 2.67. The monoisotopic (exact) mass is 307 g/mol. The largest absolute Gasteiger partial charge is 0.295 e. The van der Waals surface area contributed by atoms with Crippen LogP contribution in [0.4, 0.5) is 0 Å². The lowest BCUT2D eigenvalue weighted by Crippen LogP contribution is -2.18. The Bertz CT molecular complexity index is 722. The molecule has 7 heteroatoms. The van der Waals surface area contributed by atoms with Crippen molar-refractivity contribution in [2.24, 2.45) is 7.05 Å². The fraction of sp³-hybridized carbons (Fsp3) is 0.308. The predicted octanol–water partition coefficient (Wildman–Crippen LogP) is 2.71. The highest BCUT2D eigenvalue weighted by Gasteiger charge is 2.11. The Labute approximate surface area is 125 Å². The fourth-order valence-electron chi connectivity index (χ4n) is 2.09. The van der Waals surface area contributed by atoms with Crippen LogP contribution < -0.4 is 0 Å². The van der Waals surface area contributed by atoms with Crippen molar-refractivity contribution in [3.05, 3.63) is 39.6 Å². The van der Waals surface area contributed by atoms with Crippen LogP contribution in [0.25, 0.3) is 11.0 Å². The average molecular weight is 308 g/mol. The second-order valence-electron chi connectivity index (χ2n) is 4.74. The van der Waals surface area contributed by atoms with Crippen LogP contribution in [0.1, 0.15) is 11.4 Å². The van der Waals surface area contributed by atoms with E-state index in [9.17, 15) is 0 Å². The van der Waals surface area contributed by atoms with Crippen LogP contribution in [-0.2, 0) is 20.1 Å². The maximum atomic E-state index is 6.18. The van der Waals surface area contributed by atoms with Gasteiger partial charge in [-0.2, -0.15) is 16.4 Å². The lowest BCUT2D eigenvalue weighted by Gasteiger charge is -2.14. The number of nitrogens with zero attached hydrogens (tertiary/aromatic N) is 5. The van der Waals surface area contributed by atoms with E-state index in [1.165, 1.54) is 5.56 Å². The summed E-state index contributed by atoms with van der Waals surface area (Å²) in [5.74, 6) is 0.712. The highest BCUT2D eigenvalue weighted by Crippen LogP contribution is 2.20. The van der Waals surface area contributed by atoms with Crippen LogP contribution in [0.15, 0.2) is 23.0 Å². The molecule has 0 aromatic carbocycles. The molecule has 0 aliphatic heterocycles. The Morgan fingerprint density at radius 1 is 1.35 bits per heavy atom. The zero-order valence-corrected chi connectivity index (χ0v) is 12.8. The number of thiophene rings is 1. The Morgan fingerprint density at radius 2 is 2.20 bits per heavy atom. The molecular formula is C13H14ClN5S. The quantitative estimate of drug-likeness (QED) is 0.695. The van der Waals surface area contributed by atoms with Gasteiger partial charge in [-0.25, -0.2) is 9.97 Å². The van der Waals surface area contributed by atoms with Gasteiger partial charge in [-0.15, -0.1) is 0 Å². The van der Waals surface area contributed by atoms with Crippen LogP contribution in [-0.4, -0.2) is 31.7 Å². The number of hydrogen-bond acceptors (Lipinski definition) is 5. The van der Waals surface area contributed by atoms with Gasteiger partial charge in [0.15, 0.2) is 5.65 Å². The molecule has 0 radical (unpaired) electrons. The zero-order valence-electron chi connectivity index (χ0n) is 11.2. The Hall–Kier alpha value is -1.50. The number of halogens is 1. The molecule has 0 unspecified atom stereocenters. The molecule has 3 aromatic heterocycles. The van der Waals surface area contributed by atoms with Crippen molar-refractivity contribution in [3.8, 4) is 0 Å². The molecular weight excluding hydrogens is 294 g/mol. The van der Waals surface area contributed by atoms with Crippen molar-refractivity contribution < 1.29 is 0 Å². The van der Waals surface area contributed by atoms with E-state index in [2.05, 4.69) is 36.8 Å². The molecule has 0 atom stereocenters. The van der Waals surface area contributed by atoms with Gasteiger partial charge in [0.05, 0.1) is 18.1 Å². The summed E-state index contributed by atoms with van der Waals surface area (Å²) in [6, 6.07) is 2.12. The van der Waals surface area contributed by atoms with Gasteiger partial charge in [0.25, 0.3) is 0 Å². The summed E-state index contributed by atoms with van der Waals surface area (Å²) in [6.45, 7) is 1.52. The lowest BCUT2D eigenvalue weighted by atomic mass is 10.3. The first-order chi connectivity index (χ1) is 9.63. The molecule has 5 nitrogen and oxygen atoms in total. The van der Waals surface area contributed by atoms with Crippen molar-refractivity contribution >= 4 is 34.0 Å². The normalized spacial score (nSPS) is 11.6. The number of fused-ring (bicyclic) bond motifs is 1. The summed E-state index contributed by atoms with van der Waals surface area (Å²) in [5, 5.41) is 9.63. The molecule has 20 heavy (non-hydrogen) atoms. The van der Waals surface area contributed by atoms with E-state index in [-0.39, 0.29) is 0 Å². The third-order valence-electron chi connectivity index (χ3n) is 3.04. The van der Waals surface area contributed by atoms with Gasteiger partial charge in [-0.1, -0.05) is 11.6 Å². The first kappa shape index (κ1) is 13.5. The molecule has 3 heterocycles. The minimum atomic E-state index is 0.460. The Kier molecular flexibility index (Phi) is 3.69. The highest BCUT2D eigenvalue weighted by molar-refractivity contribution is 7.07. The van der Waals surface area contributed by atoms with E-state index >= 15 is 0 Å². The summed E-state index contributed by atoms with van der Waals surface area (Å²) >= 11 is 7.89. The van der Waals surface area contributed by atoms with E-state index in [1.54, 1.807) is 22.2 Å². The van der Waals surface area contributed by atoms with Crippen LogP contribution in [0.2, 0.25) is 5.15 Å². The van der Waals surface area contributed by atoms with E-state index < -0.39 is 0 Å². The number of rotatable bonds is 4. The molecule has 0 spiro atoms. The summed E-state index contributed by atoms with van der Waals surface area (Å²) in [5.41, 5.74) is 2.06. The minimum absolute atomic E-state index is 0.460. The molecule has 0 saturated heterocycles. The van der Waals surface area contributed by atoms with Gasteiger partial charge >= 0.3 is 0 Å². The summed E-state index contributed by atoms with van der Waals surface area (Å²) in [6.07, 6.45) is 1.69. The van der Waals surface area contributed by atoms with Crippen LogP contribution >= 0.6 is 22.9 Å². The van der Waals surface area contributed by atoms with Gasteiger partial charge in [-0.05, 0) is 29.4 Å². The number of aryl methyl sites for hydroxylation is 1. The standard InChI is InChI=1S/C13H14ClN5S/c1-18(6-9-3-4-20-8-9)7-11-16-12(14)10-5-15-19(2)13(10)17-11/h3-5,8H,6-7H2,1-2H3. The molecule has 0 aliphatic carbocycles. The number of aromatic nitrogens is 4. The molecule has 3 aromatic rings. The molecule has 3 rings (SSSR count). The molecule has 0 fully saturated rings. The zero-order chi connectivity index (χ0) is 14.1. The highest BCUT2D eigenvalue weighted by atomic mass is 35.5. The van der Waals surface area contributed by atoms with Crippen LogP contribution in [0, 0.1) is 0 Å². The van der Waals surface area contributed by atoms with Gasteiger partial charge in [0.1, 0.15) is 11.0 Å². The van der Waals surface area contributed by atoms with Gasteiger partial charge < -0.3 is 0 Å². The van der Waals surface area contributed by atoms with Crippen molar-refractivity contribution in [1.82, 2.24) is 24.6 Å². The van der Waals surface area contributed by atoms with E-state index in [0.717, 1.165) is 17.6 Å². The summed E-state index contributed by atoms with van der Waals surface area (Å²) < 4.78 is 1.71. The maximum Gasteiger partial charge on any atom is 0.162 e. The molecule has 0 amide bonds. The average Bonchev–Trinajstić information content (AvgIpc) is 3.00. The lowest BCUT2D eigenvalue weighted by molar-refractivity contribution is 0.311. The first-order valence-corrected chi connectivity index (χ1v) is 7.49. The molecule has 0 saturated carbocycles. The van der Waals surface area contributed by atoms with Gasteiger partial charge in [-0.3, -0.25) is 9.58 Å². The van der Waals surface area contributed by atoms with Crippen LogP contribution in [0.5, 0.6) is 0 Å². The van der Waals surface area contributed by atoms with Crippen LogP contribution in [0.3, 0.4) is 0 Å². The maximum absolute atomic E-state index is 6.18. The van der Waals surface area contributed by atoms with Crippen molar-refractivity contribution in [2.45, 2.75) is 13.1 Å². The van der Waals surface area contributed by atoms with E-state index in [0.29, 0.717) is 17.5 Å². The second kappa shape index (κ2) is 5.47. The van der Waals surface area contributed by atoms with Crippen molar-refractivity contribution in [3.63, 3.8) is 0 Å². The van der Waals surface area contributed by atoms with Gasteiger partial charge in [0, 0.05) is 13.6 Å². The fourth-order valence-corrected chi connectivity index (χ4v) is 2.98. The van der Waals surface area contributed by atoms with Crippen molar-refractivity contribution in [2.75, 3.05) is 7.05 Å². The predicted molar refractivity (Wildman–Crippen MR) is 80.8 cm³/mol. The van der Waals surface area contributed by atoms with Crippen molar-refractivity contribution in [1.29, 1.82) is 0 Å². The first-order valence-electron chi connectivity index (χ1n) is 6.17. The Morgan fingerprint density at radius 3 is 2.95 bits per heavy atom. The van der Waals surface area contributed by atoms with E-state index in [4.69, 9.17) is 11.6 Å².